The number of nitrogens with zero attached hydrogens (tertiary/aromatic N) is 2. The summed E-state index contributed by atoms with van der Waals surface area (Å²) in [5.41, 5.74) is 3.72. The van der Waals surface area contributed by atoms with Gasteiger partial charge in [0.05, 0.1) is 29.0 Å². The van der Waals surface area contributed by atoms with Crippen LogP contribution in [0.2, 0.25) is 0 Å². The Morgan fingerprint density at radius 3 is 2.42 bits per heavy atom. The predicted molar refractivity (Wildman–Crippen MR) is 125 cm³/mol. The van der Waals surface area contributed by atoms with Gasteiger partial charge in [-0.25, -0.2) is 9.79 Å². The first kappa shape index (κ1) is 21.3. The highest BCUT2D eigenvalue weighted by molar-refractivity contribution is 7.98. The van der Waals surface area contributed by atoms with Crippen molar-refractivity contribution >= 4 is 35.1 Å². The van der Waals surface area contributed by atoms with Crippen molar-refractivity contribution in [2.45, 2.75) is 24.8 Å². The van der Waals surface area contributed by atoms with Gasteiger partial charge in [0, 0.05) is 4.90 Å². The molecule has 0 fully saturated rings. The number of methoxy groups -OCH3 is 1. The standard InChI is InChI=1S/C24H22N2O3S2/c1-14-5-7-16(8-6-14)13-19-22(27)26-21(17-9-11-18(30-4)12-10-17)20(23(28)29-3)15(2)25-24(26)31-19/h5-13,21H,1-4H3/b19-13+/t21-/m0/s1. The molecule has 5 nitrogen and oxygen atoms in total. The van der Waals surface area contributed by atoms with Crippen LogP contribution in [0.4, 0.5) is 0 Å². The number of thioether (sulfide) groups is 1. The van der Waals surface area contributed by atoms with Crippen LogP contribution in [-0.2, 0) is 9.53 Å². The van der Waals surface area contributed by atoms with Gasteiger partial charge >= 0.3 is 5.97 Å². The summed E-state index contributed by atoms with van der Waals surface area (Å²) in [4.78, 5) is 32.4. The van der Waals surface area contributed by atoms with Crippen LogP contribution >= 0.6 is 23.1 Å². The fourth-order valence-corrected chi connectivity index (χ4v) is 5.06. The smallest absolute Gasteiger partial charge is 0.338 e. The first-order valence-corrected chi connectivity index (χ1v) is 11.8. The number of carbonyl (C=O) groups is 1. The summed E-state index contributed by atoms with van der Waals surface area (Å²) in [6, 6.07) is 15.3. The number of hydrogen-bond donors (Lipinski definition) is 0. The summed E-state index contributed by atoms with van der Waals surface area (Å²) < 4.78 is 7.23. The molecule has 31 heavy (non-hydrogen) atoms. The van der Waals surface area contributed by atoms with Gasteiger partial charge in [-0.2, -0.15) is 0 Å². The second kappa shape index (κ2) is 8.69. The number of aryl methyl sites for hydroxylation is 1. The Balaban J connectivity index is 1.94. The van der Waals surface area contributed by atoms with E-state index in [0.29, 0.717) is 20.6 Å². The lowest BCUT2D eigenvalue weighted by atomic mass is 9.96. The van der Waals surface area contributed by atoms with Crippen molar-refractivity contribution in [3.8, 4) is 0 Å². The zero-order valence-electron chi connectivity index (χ0n) is 17.7. The lowest BCUT2D eigenvalue weighted by Gasteiger charge is -2.24. The van der Waals surface area contributed by atoms with E-state index < -0.39 is 12.0 Å². The molecule has 0 saturated heterocycles. The van der Waals surface area contributed by atoms with Gasteiger partial charge in [-0.1, -0.05) is 53.3 Å². The van der Waals surface area contributed by atoms with Crippen molar-refractivity contribution in [3.63, 3.8) is 0 Å². The number of aromatic nitrogens is 1. The normalized spacial score (nSPS) is 16.1. The number of allylic oxidation sites excluding steroid dienone is 1. The lowest BCUT2D eigenvalue weighted by Crippen LogP contribution is -2.39. The Hall–Kier alpha value is -2.90. The van der Waals surface area contributed by atoms with E-state index in [2.05, 4.69) is 4.99 Å². The Labute approximate surface area is 188 Å². The summed E-state index contributed by atoms with van der Waals surface area (Å²) in [5, 5.41) is 0. The third kappa shape index (κ3) is 4.03. The van der Waals surface area contributed by atoms with Gasteiger partial charge in [0.25, 0.3) is 5.56 Å². The maximum absolute atomic E-state index is 13.5. The van der Waals surface area contributed by atoms with Gasteiger partial charge in [-0.15, -0.1) is 11.8 Å². The van der Waals surface area contributed by atoms with E-state index in [1.807, 2.05) is 67.8 Å². The van der Waals surface area contributed by atoms with Gasteiger partial charge in [0.15, 0.2) is 4.80 Å². The number of fused-ring (bicyclic) bond motifs is 1. The molecular weight excluding hydrogens is 428 g/mol. The molecule has 2 aromatic carbocycles. The second-order valence-electron chi connectivity index (χ2n) is 7.26. The van der Waals surface area contributed by atoms with E-state index in [1.165, 1.54) is 18.4 Å². The molecule has 0 spiro atoms. The molecule has 0 amide bonds. The minimum Gasteiger partial charge on any atom is -0.466 e. The first-order valence-electron chi connectivity index (χ1n) is 9.74. The maximum atomic E-state index is 13.5. The van der Waals surface area contributed by atoms with Crippen molar-refractivity contribution in [1.29, 1.82) is 0 Å². The second-order valence-corrected chi connectivity index (χ2v) is 9.15. The molecule has 1 aliphatic rings. The number of thiazole rings is 1. The molecule has 0 aliphatic carbocycles. The van der Waals surface area contributed by atoms with Crippen LogP contribution in [0.1, 0.15) is 29.7 Å². The van der Waals surface area contributed by atoms with Crippen LogP contribution in [-0.4, -0.2) is 23.9 Å². The minimum absolute atomic E-state index is 0.169. The SMILES string of the molecule is COC(=O)C1=C(C)N=c2s/c(=C/c3ccc(C)cc3)c(=O)n2[C@H]1c1ccc(SC)cc1. The van der Waals surface area contributed by atoms with Crippen molar-refractivity contribution in [1.82, 2.24) is 4.57 Å². The Bertz CT molecular complexity index is 1350. The monoisotopic (exact) mass is 450 g/mol. The summed E-state index contributed by atoms with van der Waals surface area (Å²) >= 11 is 2.97. The number of esters is 1. The molecule has 1 aliphatic heterocycles. The first-order chi connectivity index (χ1) is 14.9. The molecule has 158 valence electrons. The van der Waals surface area contributed by atoms with Gasteiger partial charge in [-0.3, -0.25) is 9.36 Å². The topological polar surface area (TPSA) is 60.7 Å². The average molecular weight is 451 g/mol. The summed E-state index contributed by atoms with van der Waals surface area (Å²) in [5.74, 6) is -0.479. The summed E-state index contributed by atoms with van der Waals surface area (Å²) in [6.45, 7) is 3.81. The van der Waals surface area contributed by atoms with Crippen molar-refractivity contribution in [2.24, 2.45) is 4.99 Å². The molecule has 2 heterocycles. The fraction of sp³-hybridized carbons (Fsp3) is 0.208. The largest absolute Gasteiger partial charge is 0.466 e. The van der Waals surface area contributed by atoms with E-state index in [9.17, 15) is 9.59 Å². The minimum atomic E-state index is -0.584. The summed E-state index contributed by atoms with van der Waals surface area (Å²) in [7, 11) is 1.35. The lowest BCUT2D eigenvalue weighted by molar-refractivity contribution is -0.136. The molecule has 0 radical (unpaired) electrons. The van der Waals surface area contributed by atoms with Crippen LogP contribution < -0.4 is 14.9 Å². The van der Waals surface area contributed by atoms with Crippen molar-refractivity contribution in [3.05, 3.63) is 96.2 Å². The highest BCUT2D eigenvalue weighted by Crippen LogP contribution is 2.31. The van der Waals surface area contributed by atoms with Crippen LogP contribution in [0.5, 0.6) is 0 Å². The van der Waals surface area contributed by atoms with E-state index in [4.69, 9.17) is 4.74 Å². The molecule has 0 N–H and O–H groups in total. The van der Waals surface area contributed by atoms with Crippen molar-refractivity contribution < 1.29 is 9.53 Å². The van der Waals surface area contributed by atoms with Crippen LogP contribution in [0.3, 0.4) is 0 Å². The number of rotatable bonds is 4. The molecule has 0 saturated carbocycles. The molecule has 1 aromatic heterocycles. The highest BCUT2D eigenvalue weighted by Gasteiger charge is 2.33. The van der Waals surface area contributed by atoms with E-state index >= 15 is 0 Å². The number of ether oxygens (including phenoxy) is 1. The van der Waals surface area contributed by atoms with Crippen LogP contribution in [0.15, 0.2) is 74.5 Å². The maximum Gasteiger partial charge on any atom is 0.338 e. The Kier molecular flexibility index (Phi) is 5.98. The van der Waals surface area contributed by atoms with E-state index in [-0.39, 0.29) is 5.56 Å². The number of benzene rings is 2. The molecule has 4 rings (SSSR count). The molecule has 0 bridgehead atoms. The third-order valence-corrected chi connectivity index (χ3v) is 6.96. The molecular formula is C24H22N2O3S2. The molecule has 1 atom stereocenters. The highest BCUT2D eigenvalue weighted by atomic mass is 32.2. The Morgan fingerprint density at radius 1 is 1.13 bits per heavy atom. The zero-order valence-corrected chi connectivity index (χ0v) is 19.3. The molecule has 7 heteroatoms. The summed E-state index contributed by atoms with van der Waals surface area (Å²) in [6.07, 6.45) is 3.88. The number of hydrogen-bond acceptors (Lipinski definition) is 6. The zero-order chi connectivity index (χ0) is 22.1. The van der Waals surface area contributed by atoms with Gasteiger partial charge in [-0.05, 0) is 49.4 Å². The van der Waals surface area contributed by atoms with E-state index in [1.54, 1.807) is 23.3 Å². The van der Waals surface area contributed by atoms with Gasteiger partial charge in [0.2, 0.25) is 0 Å². The number of carbonyl (C=O) groups excluding carboxylic acids is 1. The van der Waals surface area contributed by atoms with Crippen molar-refractivity contribution in [2.75, 3.05) is 13.4 Å². The van der Waals surface area contributed by atoms with Gasteiger partial charge in [0.1, 0.15) is 0 Å². The third-order valence-electron chi connectivity index (χ3n) is 5.23. The quantitative estimate of drug-likeness (QED) is 0.451. The fourth-order valence-electron chi connectivity index (χ4n) is 3.61. The van der Waals surface area contributed by atoms with Crippen LogP contribution in [0.25, 0.3) is 6.08 Å². The average Bonchev–Trinajstić information content (AvgIpc) is 3.08. The van der Waals surface area contributed by atoms with E-state index in [0.717, 1.165) is 21.6 Å². The molecule has 3 aromatic rings. The van der Waals surface area contributed by atoms with Crippen LogP contribution in [0, 0.1) is 6.92 Å². The predicted octanol–water partition coefficient (Wildman–Crippen LogP) is 3.44. The Morgan fingerprint density at radius 2 is 1.81 bits per heavy atom. The molecule has 0 unspecified atom stereocenters. The van der Waals surface area contributed by atoms with Gasteiger partial charge < -0.3 is 4.74 Å².